The van der Waals surface area contributed by atoms with Crippen LogP contribution in [0.1, 0.15) is 25.3 Å². The molecule has 0 radical (unpaired) electrons. The van der Waals surface area contributed by atoms with E-state index < -0.39 is 5.54 Å². The average Bonchev–Trinajstić information content (AvgIpc) is 3.12. The number of hydrogen-bond donors (Lipinski definition) is 2. The van der Waals surface area contributed by atoms with Gasteiger partial charge in [-0.3, -0.25) is 10.1 Å². The normalized spacial score (nSPS) is 17.8. The first-order valence-corrected chi connectivity index (χ1v) is 6.77. The van der Waals surface area contributed by atoms with Crippen LogP contribution in [-0.2, 0) is 4.79 Å². The van der Waals surface area contributed by atoms with Crippen molar-refractivity contribution in [3.63, 3.8) is 0 Å². The molecule has 0 bridgehead atoms. The van der Waals surface area contributed by atoms with Crippen LogP contribution in [0, 0.1) is 6.92 Å². The van der Waals surface area contributed by atoms with Gasteiger partial charge < -0.3 is 10.6 Å². The molecule has 0 spiro atoms. The number of benzene rings is 1. The summed E-state index contributed by atoms with van der Waals surface area (Å²) in [7, 11) is 2.00. The summed E-state index contributed by atoms with van der Waals surface area (Å²) in [5.41, 5.74) is 7.23. The van der Waals surface area contributed by atoms with E-state index in [1.807, 2.05) is 26.1 Å². The highest BCUT2D eigenvalue weighted by Gasteiger charge is 2.38. The minimum atomic E-state index is -0.682. The zero-order chi connectivity index (χ0) is 14.0. The largest absolute Gasteiger partial charge is 0.372 e. The summed E-state index contributed by atoms with van der Waals surface area (Å²) in [6.45, 7) is 4.54. The molecular weight excluding hydrogens is 238 g/mol. The van der Waals surface area contributed by atoms with Crippen molar-refractivity contribution in [3.05, 3.63) is 29.8 Å². The third-order valence-electron chi connectivity index (χ3n) is 3.72. The van der Waals surface area contributed by atoms with Gasteiger partial charge in [-0.15, -0.1) is 0 Å². The van der Waals surface area contributed by atoms with Crippen LogP contribution in [0.4, 0.5) is 5.69 Å². The number of anilines is 1. The fourth-order valence-electron chi connectivity index (χ4n) is 2.42. The maximum atomic E-state index is 11.8. The number of rotatable bonds is 6. The molecule has 0 aromatic heterocycles. The highest BCUT2D eigenvalue weighted by molar-refractivity contribution is 5.85. The van der Waals surface area contributed by atoms with Crippen LogP contribution in [0.5, 0.6) is 0 Å². The summed E-state index contributed by atoms with van der Waals surface area (Å²) >= 11 is 0. The van der Waals surface area contributed by atoms with Crippen molar-refractivity contribution in [2.45, 2.75) is 38.3 Å². The van der Waals surface area contributed by atoms with Gasteiger partial charge in [0, 0.05) is 25.3 Å². The minimum absolute atomic E-state index is 0.292. The minimum Gasteiger partial charge on any atom is -0.372 e. The molecule has 4 heteroatoms. The zero-order valence-electron chi connectivity index (χ0n) is 11.9. The molecule has 3 N–H and O–H groups in total. The summed E-state index contributed by atoms with van der Waals surface area (Å²) < 4.78 is 0. The van der Waals surface area contributed by atoms with Gasteiger partial charge in [0.05, 0.1) is 0 Å². The van der Waals surface area contributed by atoms with E-state index in [1.165, 1.54) is 5.56 Å². The SMILES string of the molecule is Cc1ccccc1N(C)CC(C)(NC1CC1)C(N)=O. The predicted molar refractivity (Wildman–Crippen MR) is 78.2 cm³/mol. The van der Waals surface area contributed by atoms with Crippen LogP contribution in [-0.4, -0.2) is 31.1 Å². The maximum absolute atomic E-state index is 11.8. The number of aryl methyl sites for hydroxylation is 1. The number of likely N-dealkylation sites (N-methyl/N-ethyl adjacent to an activating group) is 1. The van der Waals surface area contributed by atoms with Crippen molar-refractivity contribution >= 4 is 11.6 Å². The molecule has 4 nitrogen and oxygen atoms in total. The fourth-order valence-corrected chi connectivity index (χ4v) is 2.42. The molecule has 1 aliphatic rings. The number of hydrogen-bond acceptors (Lipinski definition) is 3. The lowest BCUT2D eigenvalue weighted by molar-refractivity contribution is -0.123. The second kappa shape index (κ2) is 5.21. The van der Waals surface area contributed by atoms with Crippen molar-refractivity contribution in [2.24, 2.45) is 5.73 Å². The fraction of sp³-hybridized carbons (Fsp3) is 0.533. The average molecular weight is 261 g/mol. The Balaban J connectivity index is 2.12. The van der Waals surface area contributed by atoms with Gasteiger partial charge in [0.1, 0.15) is 5.54 Å². The van der Waals surface area contributed by atoms with Crippen molar-refractivity contribution in [3.8, 4) is 0 Å². The molecule has 2 rings (SSSR count). The predicted octanol–water partition coefficient (Wildman–Crippen LogP) is 1.43. The second-order valence-corrected chi connectivity index (χ2v) is 5.76. The maximum Gasteiger partial charge on any atom is 0.239 e. The first-order valence-electron chi connectivity index (χ1n) is 6.77. The molecule has 1 fully saturated rings. The van der Waals surface area contributed by atoms with Crippen LogP contribution in [0.3, 0.4) is 0 Å². The third-order valence-corrected chi connectivity index (χ3v) is 3.72. The van der Waals surface area contributed by atoms with Gasteiger partial charge in [0.25, 0.3) is 0 Å². The van der Waals surface area contributed by atoms with Crippen LogP contribution < -0.4 is 16.0 Å². The van der Waals surface area contributed by atoms with Crippen molar-refractivity contribution in [1.82, 2.24) is 5.32 Å². The van der Waals surface area contributed by atoms with Gasteiger partial charge in [-0.25, -0.2) is 0 Å². The molecule has 1 aromatic carbocycles. The number of amides is 1. The number of carbonyl (C=O) groups excluding carboxylic acids is 1. The smallest absolute Gasteiger partial charge is 0.239 e. The van der Waals surface area contributed by atoms with E-state index in [2.05, 4.69) is 29.3 Å². The molecule has 0 heterocycles. The Morgan fingerprint density at radius 3 is 2.63 bits per heavy atom. The van der Waals surface area contributed by atoms with E-state index in [9.17, 15) is 4.79 Å². The molecule has 1 aliphatic carbocycles. The lowest BCUT2D eigenvalue weighted by atomic mass is 10.00. The molecule has 1 atom stereocenters. The van der Waals surface area contributed by atoms with Gasteiger partial charge in [-0.05, 0) is 38.3 Å². The van der Waals surface area contributed by atoms with E-state index in [4.69, 9.17) is 5.73 Å². The Morgan fingerprint density at radius 2 is 2.11 bits per heavy atom. The zero-order valence-corrected chi connectivity index (χ0v) is 11.9. The number of nitrogens with one attached hydrogen (secondary N) is 1. The van der Waals surface area contributed by atoms with E-state index >= 15 is 0 Å². The molecule has 1 saturated carbocycles. The Kier molecular flexibility index (Phi) is 3.80. The standard InChI is InChI=1S/C15H23N3O/c1-11-6-4-5-7-13(11)18(3)10-15(2,14(16)19)17-12-8-9-12/h4-7,12,17H,8-10H2,1-3H3,(H2,16,19). The highest BCUT2D eigenvalue weighted by Crippen LogP contribution is 2.25. The Bertz CT molecular complexity index is 470. The first-order chi connectivity index (χ1) is 8.92. The summed E-state index contributed by atoms with van der Waals surface area (Å²) in [4.78, 5) is 13.9. The Hall–Kier alpha value is -1.55. The van der Waals surface area contributed by atoms with E-state index in [0.717, 1.165) is 18.5 Å². The Labute approximate surface area is 115 Å². The lowest BCUT2D eigenvalue weighted by Gasteiger charge is -2.34. The summed E-state index contributed by atoms with van der Waals surface area (Å²) in [5, 5.41) is 3.37. The summed E-state index contributed by atoms with van der Waals surface area (Å²) in [5.74, 6) is -0.292. The van der Waals surface area contributed by atoms with Crippen molar-refractivity contribution < 1.29 is 4.79 Å². The van der Waals surface area contributed by atoms with E-state index in [-0.39, 0.29) is 5.91 Å². The molecule has 1 amide bonds. The van der Waals surface area contributed by atoms with Gasteiger partial charge in [0.15, 0.2) is 0 Å². The topological polar surface area (TPSA) is 58.4 Å². The summed E-state index contributed by atoms with van der Waals surface area (Å²) in [6, 6.07) is 8.61. The molecule has 104 valence electrons. The number of primary amides is 1. The van der Waals surface area contributed by atoms with Gasteiger partial charge >= 0.3 is 0 Å². The number of carbonyl (C=O) groups is 1. The third kappa shape index (κ3) is 3.26. The van der Waals surface area contributed by atoms with Crippen LogP contribution in [0.2, 0.25) is 0 Å². The van der Waals surface area contributed by atoms with Crippen molar-refractivity contribution in [1.29, 1.82) is 0 Å². The van der Waals surface area contributed by atoms with Crippen LogP contribution >= 0.6 is 0 Å². The Morgan fingerprint density at radius 1 is 1.47 bits per heavy atom. The van der Waals surface area contributed by atoms with Gasteiger partial charge in [-0.1, -0.05) is 18.2 Å². The second-order valence-electron chi connectivity index (χ2n) is 5.76. The monoisotopic (exact) mass is 261 g/mol. The van der Waals surface area contributed by atoms with Crippen LogP contribution in [0.25, 0.3) is 0 Å². The quantitative estimate of drug-likeness (QED) is 0.814. The molecule has 19 heavy (non-hydrogen) atoms. The van der Waals surface area contributed by atoms with Crippen molar-refractivity contribution in [2.75, 3.05) is 18.5 Å². The van der Waals surface area contributed by atoms with Crippen LogP contribution in [0.15, 0.2) is 24.3 Å². The molecule has 1 unspecified atom stereocenters. The number of nitrogens with two attached hydrogens (primary N) is 1. The van der Waals surface area contributed by atoms with Gasteiger partial charge in [-0.2, -0.15) is 0 Å². The van der Waals surface area contributed by atoms with E-state index in [0.29, 0.717) is 12.6 Å². The number of para-hydroxylation sites is 1. The number of nitrogens with zero attached hydrogens (tertiary/aromatic N) is 1. The molecule has 0 saturated heterocycles. The highest BCUT2D eigenvalue weighted by atomic mass is 16.1. The van der Waals surface area contributed by atoms with Gasteiger partial charge in [0.2, 0.25) is 5.91 Å². The molecular formula is C15H23N3O. The first kappa shape index (κ1) is 13.9. The summed E-state index contributed by atoms with van der Waals surface area (Å²) in [6.07, 6.45) is 2.27. The molecule has 1 aromatic rings. The lowest BCUT2D eigenvalue weighted by Crippen LogP contribution is -2.60. The molecule has 0 aliphatic heterocycles. The van der Waals surface area contributed by atoms with E-state index in [1.54, 1.807) is 0 Å².